The fourth-order valence-electron chi connectivity index (χ4n) is 2.82. The Labute approximate surface area is 160 Å². The molecule has 4 rings (SSSR count). The Kier molecular flexibility index (Phi) is 4.50. The summed E-state index contributed by atoms with van der Waals surface area (Å²) in [6.07, 6.45) is -4.59. The van der Waals surface area contributed by atoms with Gasteiger partial charge in [-0.25, -0.2) is 0 Å². The van der Waals surface area contributed by atoms with Crippen LogP contribution in [0.3, 0.4) is 0 Å². The molecule has 10 heteroatoms. The van der Waals surface area contributed by atoms with Crippen molar-refractivity contribution in [2.24, 2.45) is 7.05 Å². The van der Waals surface area contributed by atoms with E-state index in [1.807, 2.05) is 24.3 Å². The quantitative estimate of drug-likeness (QED) is 0.507. The van der Waals surface area contributed by atoms with Crippen molar-refractivity contribution >= 4 is 45.3 Å². The molecule has 0 aliphatic rings. The number of nitrogens with one attached hydrogen (secondary N) is 1. The molecule has 0 unspecified atom stereocenters. The molecule has 0 bridgehead atoms. The highest BCUT2D eigenvalue weighted by Crippen LogP contribution is 2.31. The Hall–Kier alpha value is -3.01. The van der Waals surface area contributed by atoms with Crippen LogP contribution in [-0.2, 0) is 18.0 Å². The summed E-state index contributed by atoms with van der Waals surface area (Å²) >= 11 is 0.878. The number of fused-ring (bicyclic) bond motifs is 3. The van der Waals surface area contributed by atoms with E-state index in [2.05, 4.69) is 15.5 Å². The number of benzene rings is 2. The van der Waals surface area contributed by atoms with Crippen LogP contribution >= 0.6 is 11.8 Å². The molecular formula is C18H13F3N4O2S. The molecule has 2 aromatic carbocycles. The number of hydrogen-bond donors (Lipinski definition) is 1. The normalized spacial score (nSPS) is 12.0. The Bertz CT molecular complexity index is 1180. The number of alkyl halides is 3. The zero-order chi connectivity index (χ0) is 19.9. The third-order valence-electron chi connectivity index (χ3n) is 4.08. The number of rotatable bonds is 4. The van der Waals surface area contributed by atoms with Crippen LogP contribution in [0.5, 0.6) is 0 Å². The van der Waals surface area contributed by atoms with E-state index in [1.54, 1.807) is 18.2 Å². The van der Waals surface area contributed by atoms with Crippen LogP contribution in [0.4, 0.5) is 18.9 Å². The molecule has 6 nitrogen and oxygen atoms in total. The van der Waals surface area contributed by atoms with Crippen LogP contribution < -0.4 is 5.32 Å². The van der Waals surface area contributed by atoms with Gasteiger partial charge in [0.15, 0.2) is 5.16 Å². The van der Waals surface area contributed by atoms with E-state index in [0.717, 1.165) is 32.7 Å². The van der Waals surface area contributed by atoms with Crippen LogP contribution in [-0.4, -0.2) is 26.4 Å². The van der Waals surface area contributed by atoms with E-state index in [1.165, 1.54) is 7.05 Å². The van der Waals surface area contributed by atoms with Gasteiger partial charge >= 0.3 is 6.18 Å². The van der Waals surface area contributed by atoms with Gasteiger partial charge in [0.1, 0.15) is 11.2 Å². The summed E-state index contributed by atoms with van der Waals surface area (Å²) in [7, 11) is 1.21. The fraction of sp³-hybridized carbons (Fsp3) is 0.167. The summed E-state index contributed by atoms with van der Waals surface area (Å²) in [6.45, 7) is 0. The molecule has 0 aliphatic carbocycles. The first-order chi connectivity index (χ1) is 13.3. The lowest BCUT2D eigenvalue weighted by Gasteiger charge is -2.07. The van der Waals surface area contributed by atoms with Crippen LogP contribution in [0.25, 0.3) is 21.9 Å². The van der Waals surface area contributed by atoms with E-state index in [4.69, 9.17) is 4.42 Å². The monoisotopic (exact) mass is 406 g/mol. The van der Waals surface area contributed by atoms with Gasteiger partial charge in [-0.15, -0.1) is 10.2 Å². The number of carbonyl (C=O) groups excluding carboxylic acids is 1. The van der Waals surface area contributed by atoms with Crippen molar-refractivity contribution in [2.45, 2.75) is 11.3 Å². The number of para-hydroxylation sites is 1. The largest absolute Gasteiger partial charge is 0.456 e. The third-order valence-corrected chi connectivity index (χ3v) is 5.10. The van der Waals surface area contributed by atoms with Crippen molar-refractivity contribution in [2.75, 3.05) is 11.1 Å². The van der Waals surface area contributed by atoms with Crippen molar-refractivity contribution in [1.82, 2.24) is 14.8 Å². The van der Waals surface area contributed by atoms with Gasteiger partial charge in [0.2, 0.25) is 11.7 Å². The number of thioether (sulfide) groups is 1. The van der Waals surface area contributed by atoms with E-state index in [0.29, 0.717) is 11.3 Å². The van der Waals surface area contributed by atoms with Crippen LogP contribution in [0.1, 0.15) is 5.82 Å². The lowest BCUT2D eigenvalue weighted by Crippen LogP contribution is -2.15. The van der Waals surface area contributed by atoms with Gasteiger partial charge in [0.25, 0.3) is 0 Å². The minimum absolute atomic E-state index is 0.0127. The van der Waals surface area contributed by atoms with Crippen molar-refractivity contribution < 1.29 is 22.4 Å². The van der Waals surface area contributed by atoms with Crippen LogP contribution in [0.15, 0.2) is 52.0 Å². The molecule has 0 fully saturated rings. The van der Waals surface area contributed by atoms with Gasteiger partial charge in [-0.3, -0.25) is 4.79 Å². The Morgan fingerprint density at radius 1 is 1.14 bits per heavy atom. The van der Waals surface area contributed by atoms with Crippen molar-refractivity contribution in [1.29, 1.82) is 0 Å². The van der Waals surface area contributed by atoms with Gasteiger partial charge < -0.3 is 14.3 Å². The standard InChI is InChI=1S/C18H13F3N4O2S/c1-25-16(18(19,20)21)23-24-17(25)28-9-15(26)22-10-6-7-14-12(8-10)11-4-2-3-5-13(11)27-14/h2-8H,9H2,1H3,(H,22,26). The van der Waals surface area contributed by atoms with E-state index in [-0.39, 0.29) is 16.8 Å². The molecule has 1 amide bonds. The second-order valence-electron chi connectivity index (χ2n) is 6.01. The minimum atomic E-state index is -4.59. The summed E-state index contributed by atoms with van der Waals surface area (Å²) in [5.41, 5.74) is 2.02. The molecule has 0 spiro atoms. The molecule has 0 saturated carbocycles. The predicted octanol–water partition coefficient (Wildman–Crippen LogP) is 4.46. The summed E-state index contributed by atoms with van der Waals surface area (Å²) in [5.74, 6) is -1.57. The first-order valence-corrected chi connectivity index (χ1v) is 9.12. The zero-order valence-electron chi connectivity index (χ0n) is 14.4. The zero-order valence-corrected chi connectivity index (χ0v) is 15.3. The first-order valence-electron chi connectivity index (χ1n) is 8.13. The Morgan fingerprint density at radius 3 is 2.64 bits per heavy atom. The highest BCUT2D eigenvalue weighted by Gasteiger charge is 2.37. The Balaban J connectivity index is 1.47. The summed E-state index contributed by atoms with van der Waals surface area (Å²) in [6, 6.07) is 12.8. The highest BCUT2D eigenvalue weighted by molar-refractivity contribution is 7.99. The molecular weight excluding hydrogens is 393 g/mol. The maximum atomic E-state index is 12.7. The fourth-order valence-corrected chi connectivity index (χ4v) is 3.53. The highest BCUT2D eigenvalue weighted by atomic mass is 32.2. The molecule has 2 heterocycles. The molecule has 144 valence electrons. The number of aromatic nitrogens is 3. The van der Waals surface area contributed by atoms with E-state index >= 15 is 0 Å². The van der Waals surface area contributed by atoms with E-state index < -0.39 is 12.0 Å². The second kappa shape index (κ2) is 6.86. The summed E-state index contributed by atoms with van der Waals surface area (Å²) in [5, 5.41) is 11.2. The molecule has 0 saturated heterocycles. The topological polar surface area (TPSA) is 73.0 Å². The lowest BCUT2D eigenvalue weighted by molar-refractivity contribution is -0.147. The smallest absolute Gasteiger partial charge is 0.451 e. The number of anilines is 1. The number of halogens is 3. The molecule has 0 atom stereocenters. The summed E-state index contributed by atoms with van der Waals surface area (Å²) < 4.78 is 44.8. The number of carbonyl (C=O) groups is 1. The van der Waals surface area contributed by atoms with Gasteiger partial charge in [0, 0.05) is 23.5 Å². The van der Waals surface area contributed by atoms with Crippen molar-refractivity contribution in [3.63, 3.8) is 0 Å². The van der Waals surface area contributed by atoms with Crippen molar-refractivity contribution in [3.05, 3.63) is 48.3 Å². The lowest BCUT2D eigenvalue weighted by atomic mass is 10.1. The summed E-state index contributed by atoms with van der Waals surface area (Å²) in [4.78, 5) is 12.2. The maximum Gasteiger partial charge on any atom is 0.451 e. The average Bonchev–Trinajstić information content (AvgIpc) is 3.20. The average molecular weight is 406 g/mol. The van der Waals surface area contributed by atoms with E-state index in [9.17, 15) is 18.0 Å². The van der Waals surface area contributed by atoms with Gasteiger partial charge in [0.05, 0.1) is 5.75 Å². The third kappa shape index (κ3) is 3.42. The Morgan fingerprint density at radius 2 is 1.89 bits per heavy atom. The van der Waals surface area contributed by atoms with Crippen LogP contribution in [0.2, 0.25) is 0 Å². The predicted molar refractivity (Wildman–Crippen MR) is 99.1 cm³/mol. The molecule has 28 heavy (non-hydrogen) atoms. The molecule has 1 N–H and O–H groups in total. The molecule has 0 radical (unpaired) electrons. The maximum absolute atomic E-state index is 12.7. The van der Waals surface area contributed by atoms with Gasteiger partial charge in [-0.1, -0.05) is 30.0 Å². The minimum Gasteiger partial charge on any atom is -0.456 e. The number of nitrogens with zero attached hydrogens (tertiary/aromatic N) is 3. The molecule has 2 aromatic heterocycles. The molecule has 0 aliphatic heterocycles. The number of amides is 1. The van der Waals surface area contributed by atoms with Gasteiger partial charge in [-0.05, 0) is 24.3 Å². The number of hydrogen-bond acceptors (Lipinski definition) is 5. The van der Waals surface area contributed by atoms with Crippen molar-refractivity contribution in [3.8, 4) is 0 Å². The van der Waals surface area contributed by atoms with Gasteiger partial charge in [-0.2, -0.15) is 13.2 Å². The van der Waals surface area contributed by atoms with Crippen LogP contribution in [0, 0.1) is 0 Å². The second-order valence-corrected chi connectivity index (χ2v) is 6.95. The molecule has 4 aromatic rings. The SMILES string of the molecule is Cn1c(SCC(=O)Nc2ccc3oc4ccccc4c3c2)nnc1C(F)(F)F. The number of furan rings is 1. The first kappa shape index (κ1) is 18.4.